The molecule has 2 aromatic carbocycles. The molecule has 11 heteroatoms. The number of ether oxygens (including phenoxy) is 3. The van der Waals surface area contributed by atoms with Gasteiger partial charge in [-0.2, -0.15) is 18.3 Å². The van der Waals surface area contributed by atoms with E-state index in [1.54, 1.807) is 12.1 Å². The van der Waals surface area contributed by atoms with E-state index in [4.69, 9.17) is 14.2 Å². The molecule has 0 saturated heterocycles. The first-order valence-electron chi connectivity index (χ1n) is 10.0. The van der Waals surface area contributed by atoms with Crippen LogP contribution in [0.3, 0.4) is 0 Å². The van der Waals surface area contributed by atoms with Gasteiger partial charge in [-0.05, 0) is 49.7 Å². The van der Waals surface area contributed by atoms with Crippen molar-refractivity contribution in [3.8, 4) is 17.2 Å². The van der Waals surface area contributed by atoms with E-state index in [2.05, 4.69) is 10.4 Å². The number of hydrogen-bond donors (Lipinski definition) is 1. The minimum Gasteiger partial charge on any atom is -0.495 e. The van der Waals surface area contributed by atoms with Crippen molar-refractivity contribution in [2.75, 3.05) is 19.5 Å². The van der Waals surface area contributed by atoms with Crippen LogP contribution in [0.15, 0.2) is 48.7 Å². The number of rotatable bonds is 7. The molecule has 34 heavy (non-hydrogen) atoms. The van der Waals surface area contributed by atoms with Gasteiger partial charge in [-0.15, -0.1) is 0 Å². The third kappa shape index (κ3) is 5.48. The molecule has 0 aliphatic rings. The highest BCUT2D eigenvalue weighted by Gasteiger charge is 2.31. The highest BCUT2D eigenvalue weighted by molar-refractivity contribution is 5.98. The van der Waals surface area contributed by atoms with Crippen LogP contribution in [0.25, 0.3) is 5.69 Å². The molecule has 1 heterocycles. The summed E-state index contributed by atoms with van der Waals surface area (Å²) in [6.07, 6.45) is -4.52. The van der Waals surface area contributed by atoms with Crippen molar-refractivity contribution in [2.45, 2.75) is 26.1 Å². The number of anilines is 1. The zero-order valence-electron chi connectivity index (χ0n) is 18.8. The first-order chi connectivity index (χ1) is 16.0. The Morgan fingerprint density at radius 3 is 2.41 bits per heavy atom. The molecule has 0 aliphatic carbocycles. The van der Waals surface area contributed by atoms with Crippen LogP contribution in [0.5, 0.6) is 11.5 Å². The Morgan fingerprint density at radius 1 is 1.06 bits per heavy atom. The van der Waals surface area contributed by atoms with E-state index in [-0.39, 0.29) is 17.1 Å². The fourth-order valence-electron chi connectivity index (χ4n) is 3.03. The first kappa shape index (κ1) is 24.6. The minimum atomic E-state index is -4.54. The molecular weight excluding hydrogens is 455 g/mol. The van der Waals surface area contributed by atoms with E-state index in [0.717, 1.165) is 22.4 Å². The van der Waals surface area contributed by atoms with Crippen molar-refractivity contribution in [3.63, 3.8) is 0 Å². The molecule has 0 radical (unpaired) electrons. The monoisotopic (exact) mass is 477 g/mol. The van der Waals surface area contributed by atoms with Crippen LogP contribution in [-0.2, 0) is 15.7 Å². The van der Waals surface area contributed by atoms with Crippen LogP contribution < -0.4 is 14.8 Å². The van der Waals surface area contributed by atoms with Gasteiger partial charge >= 0.3 is 12.1 Å². The normalized spacial score (nSPS) is 12.1. The van der Waals surface area contributed by atoms with Gasteiger partial charge in [-0.25, -0.2) is 9.48 Å². The zero-order valence-corrected chi connectivity index (χ0v) is 18.8. The topological polar surface area (TPSA) is 91.7 Å². The third-order valence-corrected chi connectivity index (χ3v) is 4.80. The quantitative estimate of drug-likeness (QED) is 0.507. The highest BCUT2D eigenvalue weighted by Crippen LogP contribution is 2.31. The molecule has 0 bridgehead atoms. The molecular formula is C23H22F3N3O5. The molecule has 0 saturated carbocycles. The summed E-state index contributed by atoms with van der Waals surface area (Å²) in [6.45, 7) is 3.21. The van der Waals surface area contributed by atoms with Gasteiger partial charge < -0.3 is 19.5 Å². The molecule has 0 fully saturated rings. The van der Waals surface area contributed by atoms with Gasteiger partial charge in [0.25, 0.3) is 5.91 Å². The number of esters is 1. The van der Waals surface area contributed by atoms with E-state index < -0.39 is 29.7 Å². The lowest BCUT2D eigenvalue weighted by molar-refractivity contribution is -0.137. The average Bonchev–Trinajstić information content (AvgIpc) is 3.23. The molecule has 1 amide bonds. The highest BCUT2D eigenvalue weighted by atomic mass is 19.4. The van der Waals surface area contributed by atoms with Crippen LogP contribution >= 0.6 is 0 Å². The Kier molecular flexibility index (Phi) is 7.14. The number of nitrogens with one attached hydrogen (secondary N) is 1. The lowest BCUT2D eigenvalue weighted by Crippen LogP contribution is -2.30. The Bertz CT molecular complexity index is 1210. The third-order valence-electron chi connectivity index (χ3n) is 4.80. The smallest absolute Gasteiger partial charge is 0.416 e. The number of aromatic nitrogens is 2. The maximum absolute atomic E-state index is 13.0. The van der Waals surface area contributed by atoms with E-state index >= 15 is 0 Å². The fraction of sp³-hybridized carbons (Fsp3) is 0.261. The number of alkyl halides is 3. The summed E-state index contributed by atoms with van der Waals surface area (Å²) in [5.74, 6) is -1.20. The Morgan fingerprint density at radius 2 is 1.76 bits per heavy atom. The number of hydrogen-bond acceptors (Lipinski definition) is 6. The molecule has 8 nitrogen and oxygen atoms in total. The molecule has 1 unspecified atom stereocenters. The zero-order chi connectivity index (χ0) is 25.0. The van der Waals surface area contributed by atoms with Gasteiger partial charge in [0.1, 0.15) is 5.75 Å². The summed E-state index contributed by atoms with van der Waals surface area (Å²) in [5.41, 5.74) is 0.171. The second-order valence-corrected chi connectivity index (χ2v) is 7.28. The number of aryl methyl sites for hydroxylation is 1. The van der Waals surface area contributed by atoms with Crippen molar-refractivity contribution in [3.05, 3.63) is 65.5 Å². The molecule has 1 atom stereocenters. The van der Waals surface area contributed by atoms with Crippen molar-refractivity contribution in [2.24, 2.45) is 0 Å². The summed E-state index contributed by atoms with van der Waals surface area (Å²) >= 11 is 0. The fourth-order valence-corrected chi connectivity index (χ4v) is 3.03. The van der Waals surface area contributed by atoms with Crippen molar-refractivity contribution in [1.82, 2.24) is 9.78 Å². The first-order valence-corrected chi connectivity index (χ1v) is 10.0. The SMILES string of the molecule is COc1ccc(C)cc1NC(=O)C(C)OC(=O)c1nn(-c2cccc(C(F)(F)F)c2)cc1OC. The maximum atomic E-state index is 13.0. The second-order valence-electron chi connectivity index (χ2n) is 7.28. The summed E-state index contributed by atoms with van der Waals surface area (Å²) in [7, 11) is 2.72. The van der Waals surface area contributed by atoms with Gasteiger partial charge in [-0.1, -0.05) is 12.1 Å². The van der Waals surface area contributed by atoms with Crippen molar-refractivity contribution >= 4 is 17.6 Å². The summed E-state index contributed by atoms with van der Waals surface area (Å²) in [5, 5.41) is 6.64. The molecule has 0 spiro atoms. The van der Waals surface area contributed by atoms with E-state index in [1.165, 1.54) is 39.5 Å². The Hall–Kier alpha value is -4.02. The van der Waals surface area contributed by atoms with Crippen LogP contribution in [0.1, 0.15) is 28.5 Å². The van der Waals surface area contributed by atoms with Gasteiger partial charge in [0.2, 0.25) is 5.69 Å². The van der Waals surface area contributed by atoms with E-state index in [9.17, 15) is 22.8 Å². The van der Waals surface area contributed by atoms with Crippen LogP contribution in [0.2, 0.25) is 0 Å². The molecule has 1 aromatic heterocycles. The standard InChI is InChI=1S/C23H22F3N3O5/c1-13-8-9-18(32-3)17(10-13)27-21(30)14(2)34-22(31)20-19(33-4)12-29(28-20)16-7-5-6-15(11-16)23(24,25)26/h5-12,14H,1-4H3,(H,27,30). The predicted molar refractivity (Wildman–Crippen MR) is 116 cm³/mol. The van der Waals surface area contributed by atoms with Crippen LogP contribution in [-0.4, -0.2) is 42.0 Å². The largest absolute Gasteiger partial charge is 0.495 e. The summed E-state index contributed by atoms with van der Waals surface area (Å²) in [6, 6.07) is 9.61. The number of nitrogens with zero attached hydrogens (tertiary/aromatic N) is 2. The number of halogens is 3. The van der Waals surface area contributed by atoms with E-state index in [0.29, 0.717) is 11.4 Å². The van der Waals surface area contributed by atoms with Gasteiger partial charge in [0.05, 0.1) is 37.4 Å². The average molecular weight is 477 g/mol. The Labute approximate surface area is 193 Å². The number of amides is 1. The van der Waals surface area contributed by atoms with Gasteiger partial charge in [0, 0.05) is 0 Å². The van der Waals surface area contributed by atoms with E-state index in [1.807, 2.05) is 13.0 Å². The maximum Gasteiger partial charge on any atom is 0.416 e. The number of carbonyl (C=O) groups excluding carboxylic acids is 2. The molecule has 3 rings (SSSR count). The van der Waals surface area contributed by atoms with Crippen LogP contribution in [0, 0.1) is 6.92 Å². The van der Waals surface area contributed by atoms with Crippen molar-refractivity contribution < 1.29 is 37.0 Å². The Balaban J connectivity index is 1.78. The van der Waals surface area contributed by atoms with Gasteiger partial charge in [-0.3, -0.25) is 4.79 Å². The molecule has 0 aliphatic heterocycles. The summed E-state index contributed by atoms with van der Waals surface area (Å²) in [4.78, 5) is 25.2. The lowest BCUT2D eigenvalue weighted by Gasteiger charge is -2.15. The minimum absolute atomic E-state index is 0.0321. The molecule has 1 N–H and O–H groups in total. The lowest BCUT2D eigenvalue weighted by atomic mass is 10.2. The van der Waals surface area contributed by atoms with Crippen LogP contribution in [0.4, 0.5) is 18.9 Å². The number of carbonyl (C=O) groups is 2. The van der Waals surface area contributed by atoms with Gasteiger partial charge in [0.15, 0.2) is 11.9 Å². The second kappa shape index (κ2) is 9.86. The van der Waals surface area contributed by atoms with Crippen molar-refractivity contribution in [1.29, 1.82) is 0 Å². The predicted octanol–water partition coefficient (Wildman–Crippen LogP) is 4.40. The number of benzene rings is 2. The summed E-state index contributed by atoms with van der Waals surface area (Å²) < 4.78 is 55.7. The molecule has 180 valence electrons. The molecule has 3 aromatic rings. The number of methoxy groups -OCH3 is 2.